The number of carbonyl (C=O) groups is 1. The molecule has 1 N–H and O–H groups in total. The standard InChI is InChI=1S/C22H31NO4Si/c1-9-16(13-26-28(7,8)22(4,5)6)18-12-14(2)20-17(10-11-19(25)23-20)21(18)27-15(3)24/h9-12,16H,1,13H2,2-8H3,(H,23,25). The Balaban J connectivity index is 2.56. The minimum atomic E-state index is -1.94. The highest BCUT2D eigenvalue weighted by molar-refractivity contribution is 6.74. The van der Waals surface area contributed by atoms with Gasteiger partial charge in [0, 0.05) is 36.5 Å². The zero-order valence-corrected chi connectivity index (χ0v) is 18.9. The summed E-state index contributed by atoms with van der Waals surface area (Å²) in [6, 6.07) is 5.07. The second-order valence-corrected chi connectivity index (χ2v) is 13.5. The van der Waals surface area contributed by atoms with Gasteiger partial charge in [0.1, 0.15) is 5.75 Å². The van der Waals surface area contributed by atoms with E-state index < -0.39 is 14.3 Å². The van der Waals surface area contributed by atoms with Crippen LogP contribution in [0.2, 0.25) is 18.1 Å². The maximum absolute atomic E-state index is 11.8. The summed E-state index contributed by atoms with van der Waals surface area (Å²) in [5.41, 5.74) is 2.21. The number of carbonyl (C=O) groups excluding carboxylic acids is 1. The summed E-state index contributed by atoms with van der Waals surface area (Å²) in [5.74, 6) is -0.0997. The molecule has 0 saturated carbocycles. The fraction of sp³-hybridized carbons (Fsp3) is 0.455. The van der Waals surface area contributed by atoms with Gasteiger partial charge >= 0.3 is 5.97 Å². The van der Waals surface area contributed by atoms with Gasteiger partial charge in [0.15, 0.2) is 8.32 Å². The van der Waals surface area contributed by atoms with Gasteiger partial charge in [0.25, 0.3) is 0 Å². The number of nitrogens with one attached hydrogen (secondary N) is 1. The van der Waals surface area contributed by atoms with E-state index in [1.165, 1.54) is 13.0 Å². The van der Waals surface area contributed by atoms with E-state index in [1.54, 1.807) is 6.07 Å². The molecule has 2 aromatic rings. The number of hydrogen-bond donors (Lipinski definition) is 1. The highest BCUT2D eigenvalue weighted by Crippen LogP contribution is 2.40. The lowest BCUT2D eigenvalue weighted by atomic mass is 9.94. The van der Waals surface area contributed by atoms with Crippen molar-refractivity contribution >= 4 is 25.2 Å². The van der Waals surface area contributed by atoms with Crippen molar-refractivity contribution in [2.45, 2.75) is 58.7 Å². The average Bonchev–Trinajstić information content (AvgIpc) is 2.57. The van der Waals surface area contributed by atoms with Crippen molar-refractivity contribution < 1.29 is 14.0 Å². The first kappa shape index (κ1) is 22.1. The average molecular weight is 402 g/mol. The third-order valence-electron chi connectivity index (χ3n) is 5.55. The molecule has 0 fully saturated rings. The number of pyridine rings is 1. The van der Waals surface area contributed by atoms with E-state index in [0.29, 0.717) is 23.3 Å². The summed E-state index contributed by atoms with van der Waals surface area (Å²) in [4.78, 5) is 26.4. The first-order valence-corrected chi connectivity index (χ1v) is 12.4. The van der Waals surface area contributed by atoms with Crippen molar-refractivity contribution in [1.29, 1.82) is 0 Å². The van der Waals surface area contributed by atoms with Crippen LogP contribution in [0.25, 0.3) is 10.9 Å². The Hall–Kier alpha value is -2.18. The Morgan fingerprint density at radius 1 is 1.32 bits per heavy atom. The second kappa shape index (κ2) is 8.05. The molecule has 0 saturated heterocycles. The number of hydrogen-bond acceptors (Lipinski definition) is 4. The number of aromatic nitrogens is 1. The molecule has 1 heterocycles. The summed E-state index contributed by atoms with van der Waals surface area (Å²) >= 11 is 0. The number of H-pyrrole nitrogens is 1. The van der Waals surface area contributed by atoms with Gasteiger partial charge < -0.3 is 14.1 Å². The molecule has 0 radical (unpaired) electrons. The van der Waals surface area contributed by atoms with Gasteiger partial charge in [0.05, 0.1) is 5.52 Å². The van der Waals surface area contributed by atoms with E-state index in [-0.39, 0.29) is 16.5 Å². The molecule has 28 heavy (non-hydrogen) atoms. The molecule has 1 atom stereocenters. The maximum Gasteiger partial charge on any atom is 0.308 e. The van der Waals surface area contributed by atoms with Crippen molar-refractivity contribution in [1.82, 2.24) is 4.98 Å². The van der Waals surface area contributed by atoms with Crippen molar-refractivity contribution in [3.8, 4) is 5.75 Å². The van der Waals surface area contributed by atoms with Crippen LogP contribution in [-0.4, -0.2) is 25.9 Å². The number of benzene rings is 1. The number of rotatable bonds is 6. The van der Waals surface area contributed by atoms with Crippen molar-refractivity contribution in [3.05, 3.63) is 52.3 Å². The summed E-state index contributed by atoms with van der Waals surface area (Å²) in [6.45, 7) is 18.7. The molecule has 0 aliphatic carbocycles. The van der Waals surface area contributed by atoms with Crippen LogP contribution in [-0.2, 0) is 9.22 Å². The molecule has 0 aliphatic rings. The normalized spacial score (nSPS) is 13.4. The van der Waals surface area contributed by atoms with Crippen LogP contribution in [0.3, 0.4) is 0 Å². The maximum atomic E-state index is 11.8. The molecule has 1 unspecified atom stereocenters. The van der Waals surface area contributed by atoms with Gasteiger partial charge in [-0.1, -0.05) is 26.8 Å². The number of aromatic amines is 1. The summed E-state index contributed by atoms with van der Waals surface area (Å²) in [7, 11) is -1.94. The largest absolute Gasteiger partial charge is 0.426 e. The lowest BCUT2D eigenvalue weighted by Crippen LogP contribution is -2.41. The van der Waals surface area contributed by atoms with Gasteiger partial charge in [0.2, 0.25) is 5.56 Å². The number of fused-ring (bicyclic) bond motifs is 1. The molecule has 2 rings (SSSR count). The van der Waals surface area contributed by atoms with E-state index in [2.05, 4.69) is 45.4 Å². The van der Waals surface area contributed by atoms with Gasteiger partial charge in [-0.15, -0.1) is 6.58 Å². The molecule has 1 aromatic carbocycles. The Morgan fingerprint density at radius 3 is 2.50 bits per heavy atom. The van der Waals surface area contributed by atoms with Crippen molar-refractivity contribution in [2.24, 2.45) is 0 Å². The predicted octanol–water partition coefficient (Wildman–Crippen LogP) is 5.05. The van der Waals surface area contributed by atoms with E-state index >= 15 is 0 Å². The van der Waals surface area contributed by atoms with Crippen LogP contribution in [0.1, 0.15) is 44.7 Å². The van der Waals surface area contributed by atoms with Crippen LogP contribution in [0.5, 0.6) is 5.75 Å². The van der Waals surface area contributed by atoms with Crippen LogP contribution in [0, 0.1) is 6.92 Å². The molecule has 0 bridgehead atoms. The van der Waals surface area contributed by atoms with Gasteiger partial charge in [-0.3, -0.25) is 9.59 Å². The lowest BCUT2D eigenvalue weighted by Gasteiger charge is -2.37. The quantitative estimate of drug-likeness (QED) is 0.318. The fourth-order valence-corrected chi connectivity index (χ4v) is 3.86. The number of esters is 1. The lowest BCUT2D eigenvalue weighted by molar-refractivity contribution is -0.131. The van der Waals surface area contributed by atoms with Crippen molar-refractivity contribution in [2.75, 3.05) is 6.61 Å². The number of ether oxygens (including phenoxy) is 1. The van der Waals surface area contributed by atoms with Gasteiger partial charge in [-0.2, -0.15) is 0 Å². The molecule has 0 aliphatic heterocycles. The molecule has 0 amide bonds. The Morgan fingerprint density at radius 2 is 1.96 bits per heavy atom. The van der Waals surface area contributed by atoms with Crippen LogP contribution in [0.4, 0.5) is 0 Å². The number of aryl methyl sites for hydroxylation is 1. The third kappa shape index (κ3) is 4.62. The minimum absolute atomic E-state index is 0.0935. The van der Waals surface area contributed by atoms with Crippen LogP contribution >= 0.6 is 0 Å². The summed E-state index contributed by atoms with van der Waals surface area (Å²) < 4.78 is 12.0. The monoisotopic (exact) mass is 401 g/mol. The van der Waals surface area contributed by atoms with E-state index in [4.69, 9.17) is 9.16 Å². The van der Waals surface area contributed by atoms with Gasteiger partial charge in [-0.05, 0) is 42.8 Å². The highest BCUT2D eigenvalue weighted by Gasteiger charge is 2.37. The first-order chi connectivity index (χ1) is 12.9. The Bertz CT molecular complexity index is 953. The van der Waals surface area contributed by atoms with Crippen molar-refractivity contribution in [3.63, 3.8) is 0 Å². The predicted molar refractivity (Wildman–Crippen MR) is 117 cm³/mol. The molecular formula is C22H31NO4Si. The summed E-state index contributed by atoms with van der Waals surface area (Å²) in [5, 5.41) is 0.792. The molecule has 6 heteroatoms. The minimum Gasteiger partial charge on any atom is -0.426 e. The van der Waals surface area contributed by atoms with E-state index in [0.717, 1.165) is 11.1 Å². The zero-order valence-electron chi connectivity index (χ0n) is 17.9. The fourth-order valence-electron chi connectivity index (χ4n) is 2.83. The van der Waals surface area contributed by atoms with Crippen LogP contribution < -0.4 is 10.3 Å². The van der Waals surface area contributed by atoms with E-state index in [9.17, 15) is 9.59 Å². The highest BCUT2D eigenvalue weighted by atomic mass is 28.4. The zero-order chi connectivity index (χ0) is 21.3. The summed E-state index contributed by atoms with van der Waals surface area (Å²) in [6.07, 6.45) is 1.83. The SMILES string of the molecule is C=CC(CO[Si](C)(C)C(C)(C)C)c1cc(C)c2[nH]c(=O)ccc2c1OC(C)=O. The smallest absolute Gasteiger partial charge is 0.308 e. The van der Waals surface area contributed by atoms with Crippen LogP contribution in [0.15, 0.2) is 35.6 Å². The molecular weight excluding hydrogens is 370 g/mol. The topological polar surface area (TPSA) is 68.4 Å². The second-order valence-electron chi connectivity index (χ2n) is 8.73. The molecule has 152 valence electrons. The Labute approximate surface area is 167 Å². The third-order valence-corrected chi connectivity index (χ3v) is 10.1. The molecule has 0 spiro atoms. The Kier molecular flexibility index (Phi) is 6.36. The first-order valence-electron chi connectivity index (χ1n) is 9.49. The molecule has 1 aromatic heterocycles. The molecule has 5 nitrogen and oxygen atoms in total. The van der Waals surface area contributed by atoms with Gasteiger partial charge in [-0.25, -0.2) is 0 Å². The van der Waals surface area contributed by atoms with E-state index in [1.807, 2.05) is 19.1 Å².